The first kappa shape index (κ1) is 20.5. The van der Waals surface area contributed by atoms with Crippen LogP contribution in [-0.4, -0.2) is 19.9 Å². The highest BCUT2D eigenvalue weighted by atomic mass is 79.9. The van der Waals surface area contributed by atoms with Crippen molar-refractivity contribution in [2.75, 3.05) is 0 Å². The van der Waals surface area contributed by atoms with Crippen molar-refractivity contribution < 1.29 is 17.6 Å². The monoisotopic (exact) mass is 442 g/mol. The maximum atomic E-state index is 13.7. The molecule has 2 N–H and O–H groups in total. The van der Waals surface area contributed by atoms with Gasteiger partial charge in [-0.3, -0.25) is 4.79 Å². The van der Waals surface area contributed by atoms with E-state index in [1.165, 1.54) is 24.3 Å². The smallest absolute Gasteiger partial charge is 0.252 e. The van der Waals surface area contributed by atoms with Crippen molar-refractivity contribution >= 4 is 31.9 Å². The lowest BCUT2D eigenvalue weighted by Gasteiger charge is -2.20. The minimum Gasteiger partial charge on any atom is -0.348 e. The predicted molar refractivity (Wildman–Crippen MR) is 102 cm³/mol. The molecule has 2 rings (SSSR count). The molecule has 0 bridgehead atoms. The highest BCUT2D eigenvalue weighted by molar-refractivity contribution is 9.10. The molecule has 0 aliphatic rings. The van der Waals surface area contributed by atoms with Gasteiger partial charge >= 0.3 is 0 Å². The van der Waals surface area contributed by atoms with Crippen molar-refractivity contribution in [1.29, 1.82) is 0 Å². The van der Waals surface area contributed by atoms with Crippen molar-refractivity contribution in [3.8, 4) is 0 Å². The van der Waals surface area contributed by atoms with Crippen LogP contribution in [0.5, 0.6) is 0 Å². The number of carbonyl (C=O) groups is 1. The van der Waals surface area contributed by atoms with E-state index in [0.29, 0.717) is 10.0 Å². The molecule has 0 aromatic heterocycles. The van der Waals surface area contributed by atoms with Crippen LogP contribution in [0.1, 0.15) is 36.7 Å². The highest BCUT2D eigenvalue weighted by Crippen LogP contribution is 2.22. The van der Waals surface area contributed by atoms with E-state index in [4.69, 9.17) is 0 Å². The molecule has 8 heteroatoms. The number of hydrogen-bond donors (Lipinski definition) is 2. The Bertz CT molecular complexity index is 924. The van der Waals surface area contributed by atoms with Gasteiger partial charge in [0.15, 0.2) is 0 Å². The molecular weight excluding hydrogens is 423 g/mol. The molecule has 0 aliphatic carbocycles. The van der Waals surface area contributed by atoms with Crippen LogP contribution in [0.15, 0.2) is 51.8 Å². The molecule has 2 aromatic rings. The van der Waals surface area contributed by atoms with Crippen LogP contribution in [0.25, 0.3) is 0 Å². The van der Waals surface area contributed by atoms with Gasteiger partial charge < -0.3 is 5.32 Å². The van der Waals surface area contributed by atoms with E-state index in [2.05, 4.69) is 26.0 Å². The minimum absolute atomic E-state index is 0.00480. The lowest BCUT2D eigenvalue weighted by Crippen LogP contribution is -2.40. The molecule has 0 radical (unpaired) electrons. The molecule has 0 atom stereocenters. The Morgan fingerprint density at radius 1 is 1.15 bits per heavy atom. The van der Waals surface area contributed by atoms with E-state index < -0.39 is 27.3 Å². The average molecular weight is 443 g/mol. The first-order valence-corrected chi connectivity index (χ1v) is 10.1. The molecule has 140 valence electrons. The number of hydrogen-bond acceptors (Lipinski definition) is 3. The number of benzene rings is 2. The maximum absolute atomic E-state index is 13.7. The Morgan fingerprint density at radius 2 is 1.81 bits per heavy atom. The zero-order valence-electron chi connectivity index (χ0n) is 14.6. The largest absolute Gasteiger partial charge is 0.348 e. The molecule has 0 saturated carbocycles. The van der Waals surface area contributed by atoms with E-state index in [-0.39, 0.29) is 17.0 Å². The second kappa shape index (κ2) is 7.85. The van der Waals surface area contributed by atoms with Crippen molar-refractivity contribution in [2.45, 2.75) is 37.8 Å². The van der Waals surface area contributed by atoms with Gasteiger partial charge in [-0.05, 0) is 61.0 Å². The Balaban J connectivity index is 2.24. The summed E-state index contributed by atoms with van der Waals surface area (Å²) in [7, 11) is -3.78. The number of halogens is 2. The van der Waals surface area contributed by atoms with Crippen LogP contribution >= 0.6 is 15.9 Å². The van der Waals surface area contributed by atoms with Crippen LogP contribution in [-0.2, 0) is 16.6 Å². The third kappa shape index (κ3) is 5.36. The fourth-order valence-corrected chi connectivity index (χ4v) is 4.09. The summed E-state index contributed by atoms with van der Waals surface area (Å²) in [6.45, 7) is 5.18. The van der Waals surface area contributed by atoms with Gasteiger partial charge in [0.25, 0.3) is 5.91 Å². The zero-order chi connectivity index (χ0) is 19.5. The van der Waals surface area contributed by atoms with Crippen molar-refractivity contribution in [3.63, 3.8) is 0 Å². The summed E-state index contributed by atoms with van der Waals surface area (Å²) in [6.07, 6.45) is 0. The zero-order valence-corrected chi connectivity index (χ0v) is 17.0. The fraction of sp³-hybridized carbons (Fsp3) is 0.278. The maximum Gasteiger partial charge on any atom is 0.252 e. The standard InChI is InChI=1S/C18H20BrFN2O3S/c1-18(2,3)22-26(24,25)13-8-9-15(19)14(10-13)17(23)21-11-12-6-4-5-7-16(12)20/h4-10,22H,11H2,1-3H3,(H,21,23). The van der Waals surface area contributed by atoms with Gasteiger partial charge in [0.05, 0.1) is 10.5 Å². The normalized spacial score (nSPS) is 12.0. The summed E-state index contributed by atoms with van der Waals surface area (Å²) in [5, 5.41) is 2.60. The van der Waals surface area contributed by atoms with Crippen LogP contribution < -0.4 is 10.0 Å². The molecule has 0 aliphatic heterocycles. The van der Waals surface area contributed by atoms with E-state index in [0.717, 1.165) is 0 Å². The third-order valence-electron chi connectivity index (χ3n) is 3.33. The van der Waals surface area contributed by atoms with E-state index in [9.17, 15) is 17.6 Å². The number of nitrogens with one attached hydrogen (secondary N) is 2. The average Bonchev–Trinajstić information content (AvgIpc) is 2.51. The van der Waals surface area contributed by atoms with E-state index >= 15 is 0 Å². The molecule has 0 saturated heterocycles. The third-order valence-corrected chi connectivity index (χ3v) is 5.78. The van der Waals surface area contributed by atoms with Gasteiger partial charge in [0.1, 0.15) is 5.82 Å². The van der Waals surface area contributed by atoms with Crippen LogP contribution in [0.2, 0.25) is 0 Å². The van der Waals surface area contributed by atoms with Crippen LogP contribution in [0.4, 0.5) is 4.39 Å². The predicted octanol–water partition coefficient (Wildman–Crippen LogP) is 3.60. The second-order valence-corrected chi connectivity index (χ2v) is 9.31. The minimum atomic E-state index is -3.78. The Labute approximate surface area is 161 Å². The van der Waals surface area contributed by atoms with E-state index in [1.54, 1.807) is 39.0 Å². The number of amides is 1. The summed E-state index contributed by atoms with van der Waals surface area (Å²) >= 11 is 3.25. The molecule has 0 spiro atoms. The molecule has 5 nitrogen and oxygen atoms in total. The highest BCUT2D eigenvalue weighted by Gasteiger charge is 2.23. The molecule has 0 fully saturated rings. The number of sulfonamides is 1. The van der Waals surface area contributed by atoms with Gasteiger partial charge in [-0.15, -0.1) is 0 Å². The van der Waals surface area contributed by atoms with Crippen molar-refractivity contribution in [1.82, 2.24) is 10.0 Å². The first-order chi connectivity index (χ1) is 12.0. The van der Waals surface area contributed by atoms with Gasteiger partial charge in [-0.1, -0.05) is 18.2 Å². The summed E-state index contributed by atoms with van der Waals surface area (Å²) < 4.78 is 41.5. The Morgan fingerprint density at radius 3 is 2.42 bits per heavy atom. The quantitative estimate of drug-likeness (QED) is 0.742. The molecule has 1 amide bonds. The van der Waals surface area contributed by atoms with Crippen molar-refractivity contribution in [2.24, 2.45) is 0 Å². The summed E-state index contributed by atoms with van der Waals surface area (Å²) in [5.74, 6) is -0.925. The van der Waals surface area contributed by atoms with Crippen LogP contribution in [0, 0.1) is 5.82 Å². The topological polar surface area (TPSA) is 75.3 Å². The fourth-order valence-electron chi connectivity index (χ4n) is 2.22. The molecular formula is C18H20BrFN2O3S. The van der Waals surface area contributed by atoms with Gasteiger partial charge in [-0.25, -0.2) is 17.5 Å². The summed E-state index contributed by atoms with van der Waals surface area (Å²) in [4.78, 5) is 12.4. The van der Waals surface area contributed by atoms with Gasteiger partial charge in [0, 0.05) is 22.1 Å². The SMILES string of the molecule is CC(C)(C)NS(=O)(=O)c1ccc(Br)c(C(=O)NCc2ccccc2F)c1. The Kier molecular flexibility index (Phi) is 6.21. The van der Waals surface area contributed by atoms with Gasteiger partial charge in [-0.2, -0.15) is 0 Å². The van der Waals surface area contributed by atoms with Gasteiger partial charge in [0.2, 0.25) is 10.0 Å². The number of carbonyl (C=O) groups excluding carboxylic acids is 1. The summed E-state index contributed by atoms with van der Waals surface area (Å²) in [5.41, 5.74) is -0.160. The lowest BCUT2D eigenvalue weighted by molar-refractivity contribution is 0.0949. The Hall–Kier alpha value is -1.77. The second-order valence-electron chi connectivity index (χ2n) is 6.77. The lowest BCUT2D eigenvalue weighted by atomic mass is 10.1. The molecule has 26 heavy (non-hydrogen) atoms. The summed E-state index contributed by atoms with van der Waals surface area (Å²) in [6, 6.07) is 10.3. The first-order valence-electron chi connectivity index (χ1n) is 7.85. The van der Waals surface area contributed by atoms with Crippen molar-refractivity contribution in [3.05, 3.63) is 63.9 Å². The number of rotatable bonds is 5. The molecule has 0 unspecified atom stereocenters. The molecule has 0 heterocycles. The van der Waals surface area contributed by atoms with E-state index in [1.807, 2.05) is 0 Å². The van der Waals surface area contributed by atoms with Crippen LogP contribution in [0.3, 0.4) is 0 Å². The molecule has 2 aromatic carbocycles.